The van der Waals surface area contributed by atoms with Gasteiger partial charge in [0.15, 0.2) is 0 Å². The molecule has 3 rings (SSSR count). The summed E-state index contributed by atoms with van der Waals surface area (Å²) < 4.78 is 0. The lowest BCUT2D eigenvalue weighted by molar-refractivity contribution is -0.133. The molecule has 5 heteroatoms. The van der Waals surface area contributed by atoms with Crippen LogP contribution in [0.5, 0.6) is 0 Å². The second kappa shape index (κ2) is 7.83. The van der Waals surface area contributed by atoms with E-state index in [1.54, 1.807) is 0 Å². The minimum atomic E-state index is -0.590. The topological polar surface area (TPSA) is 75.4 Å². The van der Waals surface area contributed by atoms with Crippen molar-refractivity contribution in [1.82, 2.24) is 4.90 Å². The molecule has 1 aliphatic rings. The molecule has 0 aromatic heterocycles. The van der Waals surface area contributed by atoms with E-state index in [1.165, 1.54) is 0 Å². The Morgan fingerprint density at radius 3 is 2.64 bits per heavy atom. The van der Waals surface area contributed by atoms with Crippen LogP contribution in [-0.2, 0) is 16.1 Å². The van der Waals surface area contributed by atoms with Gasteiger partial charge < -0.3 is 16.0 Å². The molecule has 0 saturated carbocycles. The number of piperidine rings is 1. The number of anilines is 1. The van der Waals surface area contributed by atoms with E-state index >= 15 is 0 Å². The van der Waals surface area contributed by atoms with Gasteiger partial charge in [0.1, 0.15) is 6.04 Å². The van der Waals surface area contributed by atoms with Crippen molar-refractivity contribution in [2.24, 2.45) is 5.73 Å². The maximum Gasteiger partial charge on any atom is 0.244 e. The largest absolute Gasteiger partial charge is 0.370 e. The Hall–Kier alpha value is -2.82. The number of likely N-dealkylation sites (tertiary alicyclic amines) is 1. The average molecular weight is 337 g/mol. The van der Waals surface area contributed by atoms with Gasteiger partial charge in [-0.1, -0.05) is 42.5 Å². The van der Waals surface area contributed by atoms with Gasteiger partial charge >= 0.3 is 0 Å². The molecule has 0 aliphatic carbocycles. The van der Waals surface area contributed by atoms with Gasteiger partial charge in [0.05, 0.1) is 0 Å². The molecule has 0 unspecified atom stereocenters. The zero-order chi connectivity index (χ0) is 17.6. The number of benzene rings is 2. The molecule has 5 nitrogen and oxygen atoms in total. The van der Waals surface area contributed by atoms with Crippen molar-refractivity contribution in [1.29, 1.82) is 0 Å². The van der Waals surface area contributed by atoms with E-state index in [4.69, 9.17) is 5.73 Å². The molecule has 1 aliphatic heterocycles. The second-order valence-electron chi connectivity index (χ2n) is 6.36. The van der Waals surface area contributed by atoms with Crippen LogP contribution in [0.2, 0.25) is 0 Å². The van der Waals surface area contributed by atoms with Gasteiger partial charge in [0.25, 0.3) is 0 Å². The number of rotatable bonds is 6. The monoisotopic (exact) mass is 337 g/mol. The number of carbonyl (C=O) groups excluding carboxylic acids is 2. The highest BCUT2D eigenvalue weighted by Gasteiger charge is 2.19. The predicted octanol–water partition coefficient (Wildman–Crippen LogP) is 2.84. The molecular weight excluding hydrogens is 314 g/mol. The molecular formula is C20H23N3O2. The van der Waals surface area contributed by atoms with Crippen LogP contribution in [-0.4, -0.2) is 23.3 Å². The van der Waals surface area contributed by atoms with Crippen LogP contribution in [0.15, 0.2) is 54.6 Å². The summed E-state index contributed by atoms with van der Waals surface area (Å²) in [7, 11) is 0. The molecule has 1 fully saturated rings. The van der Waals surface area contributed by atoms with Gasteiger partial charge in [-0.2, -0.15) is 0 Å². The smallest absolute Gasteiger partial charge is 0.244 e. The number of hydrogen-bond acceptors (Lipinski definition) is 3. The third-order valence-electron chi connectivity index (χ3n) is 4.45. The Balaban J connectivity index is 1.74. The highest BCUT2D eigenvalue weighted by Crippen LogP contribution is 2.22. The summed E-state index contributed by atoms with van der Waals surface area (Å²) >= 11 is 0. The van der Waals surface area contributed by atoms with Gasteiger partial charge in [-0.3, -0.25) is 9.59 Å². The van der Waals surface area contributed by atoms with Crippen LogP contribution >= 0.6 is 0 Å². The highest BCUT2D eigenvalue weighted by atomic mass is 16.2. The van der Waals surface area contributed by atoms with Crippen molar-refractivity contribution in [3.05, 3.63) is 65.7 Å². The summed E-state index contributed by atoms with van der Waals surface area (Å²) in [4.78, 5) is 25.7. The zero-order valence-corrected chi connectivity index (χ0v) is 14.2. The summed E-state index contributed by atoms with van der Waals surface area (Å²) in [5.41, 5.74) is 8.25. The number of nitrogens with two attached hydrogens (primary N) is 1. The molecule has 25 heavy (non-hydrogen) atoms. The van der Waals surface area contributed by atoms with Gasteiger partial charge in [0.2, 0.25) is 11.8 Å². The Bertz CT molecular complexity index is 746. The predicted molar refractivity (Wildman–Crippen MR) is 97.7 cm³/mol. The first-order valence-corrected chi connectivity index (χ1v) is 8.61. The first-order valence-electron chi connectivity index (χ1n) is 8.61. The lowest BCUT2D eigenvalue weighted by atomic mass is 10.1. The van der Waals surface area contributed by atoms with E-state index in [0.29, 0.717) is 13.0 Å². The maximum atomic E-state index is 12.0. The van der Waals surface area contributed by atoms with Crippen molar-refractivity contribution >= 4 is 17.5 Å². The van der Waals surface area contributed by atoms with Crippen LogP contribution in [0.1, 0.15) is 36.4 Å². The van der Waals surface area contributed by atoms with E-state index < -0.39 is 11.9 Å². The van der Waals surface area contributed by atoms with Crippen LogP contribution in [0.25, 0.3) is 0 Å². The molecule has 1 saturated heterocycles. The van der Waals surface area contributed by atoms with Crippen molar-refractivity contribution in [3.63, 3.8) is 0 Å². The lowest BCUT2D eigenvalue weighted by Gasteiger charge is -2.27. The Labute approximate surface area is 147 Å². The Kier molecular flexibility index (Phi) is 5.33. The normalized spacial score (nSPS) is 15.7. The van der Waals surface area contributed by atoms with E-state index in [1.807, 2.05) is 59.5 Å². The van der Waals surface area contributed by atoms with Crippen molar-refractivity contribution in [2.45, 2.75) is 31.8 Å². The van der Waals surface area contributed by atoms with Gasteiger partial charge in [-0.05, 0) is 36.1 Å². The molecule has 2 amide bonds. The van der Waals surface area contributed by atoms with Crippen molar-refractivity contribution in [2.75, 3.05) is 11.9 Å². The quantitative estimate of drug-likeness (QED) is 0.851. The fourth-order valence-electron chi connectivity index (χ4n) is 3.14. The number of amides is 2. The minimum Gasteiger partial charge on any atom is -0.370 e. The van der Waals surface area contributed by atoms with Crippen LogP contribution in [0.3, 0.4) is 0 Å². The molecule has 0 radical (unpaired) electrons. The van der Waals surface area contributed by atoms with Crippen molar-refractivity contribution < 1.29 is 9.59 Å². The second-order valence-corrected chi connectivity index (χ2v) is 6.36. The zero-order valence-electron chi connectivity index (χ0n) is 14.2. The summed E-state index contributed by atoms with van der Waals surface area (Å²) in [5, 5.41) is 3.21. The van der Waals surface area contributed by atoms with Crippen LogP contribution in [0.4, 0.5) is 5.69 Å². The maximum absolute atomic E-state index is 12.0. The van der Waals surface area contributed by atoms with E-state index in [-0.39, 0.29) is 5.91 Å². The SMILES string of the molecule is NC(=O)[C@@H](Nc1cccc(CN2CCCCC2=O)c1)c1ccccc1. The number of nitrogens with one attached hydrogen (secondary N) is 1. The molecule has 0 bridgehead atoms. The molecule has 0 spiro atoms. The average Bonchev–Trinajstić information content (AvgIpc) is 2.62. The van der Waals surface area contributed by atoms with Gasteiger partial charge in [0, 0.05) is 25.2 Å². The molecule has 1 heterocycles. The van der Waals surface area contributed by atoms with Gasteiger partial charge in [-0.15, -0.1) is 0 Å². The minimum absolute atomic E-state index is 0.212. The van der Waals surface area contributed by atoms with Crippen LogP contribution in [0, 0.1) is 0 Å². The van der Waals surface area contributed by atoms with Crippen molar-refractivity contribution in [3.8, 4) is 0 Å². The summed E-state index contributed by atoms with van der Waals surface area (Å²) in [6.45, 7) is 1.41. The molecule has 2 aromatic rings. The number of carbonyl (C=O) groups is 2. The molecule has 1 atom stereocenters. The third kappa shape index (κ3) is 4.38. The number of hydrogen-bond donors (Lipinski definition) is 2. The molecule has 2 aromatic carbocycles. The van der Waals surface area contributed by atoms with E-state index in [2.05, 4.69) is 5.32 Å². The highest BCUT2D eigenvalue weighted by molar-refractivity contribution is 5.84. The summed E-state index contributed by atoms with van der Waals surface area (Å²) in [5.74, 6) is -0.216. The van der Waals surface area contributed by atoms with Gasteiger partial charge in [-0.25, -0.2) is 0 Å². The standard InChI is InChI=1S/C20H23N3O2/c21-20(25)19(16-8-2-1-3-9-16)22-17-10-6-7-15(13-17)14-23-12-5-4-11-18(23)24/h1-3,6-10,13,19,22H,4-5,11-12,14H2,(H2,21,25)/t19-/m0/s1. The number of primary amides is 1. The molecule has 130 valence electrons. The van der Waals surface area contributed by atoms with Crippen LogP contribution < -0.4 is 11.1 Å². The van der Waals surface area contributed by atoms with E-state index in [0.717, 1.165) is 36.2 Å². The first kappa shape index (κ1) is 17.0. The fraction of sp³-hybridized carbons (Fsp3) is 0.300. The fourth-order valence-corrected chi connectivity index (χ4v) is 3.14. The molecule has 3 N–H and O–H groups in total. The third-order valence-corrected chi connectivity index (χ3v) is 4.45. The number of nitrogens with zero attached hydrogens (tertiary/aromatic N) is 1. The lowest BCUT2D eigenvalue weighted by Crippen LogP contribution is -2.34. The first-order chi connectivity index (χ1) is 12.1. The summed E-state index contributed by atoms with van der Waals surface area (Å²) in [6, 6.07) is 16.6. The summed E-state index contributed by atoms with van der Waals surface area (Å²) in [6.07, 6.45) is 2.67. The Morgan fingerprint density at radius 2 is 1.92 bits per heavy atom. The van der Waals surface area contributed by atoms with E-state index in [9.17, 15) is 9.59 Å². The Morgan fingerprint density at radius 1 is 1.12 bits per heavy atom.